The molecular formula is C23H33NO4. The molecule has 0 spiro atoms. The van der Waals surface area contributed by atoms with Crippen molar-refractivity contribution in [1.29, 1.82) is 0 Å². The van der Waals surface area contributed by atoms with Crippen molar-refractivity contribution in [1.82, 2.24) is 4.90 Å². The van der Waals surface area contributed by atoms with E-state index in [2.05, 4.69) is 0 Å². The summed E-state index contributed by atoms with van der Waals surface area (Å²) in [5.41, 5.74) is 1.16. The number of carbonyl (C=O) groups excluding carboxylic acids is 1. The van der Waals surface area contributed by atoms with Crippen LogP contribution < -0.4 is 4.74 Å². The summed E-state index contributed by atoms with van der Waals surface area (Å²) in [4.78, 5) is 13.0. The molecule has 0 aliphatic heterocycles. The maximum absolute atomic E-state index is 11.4. The van der Waals surface area contributed by atoms with E-state index in [1.807, 2.05) is 30.3 Å². The zero-order valence-corrected chi connectivity index (χ0v) is 17.1. The van der Waals surface area contributed by atoms with Crippen LogP contribution in [0.3, 0.4) is 0 Å². The summed E-state index contributed by atoms with van der Waals surface area (Å²) in [5, 5.41) is 19.8. The third-order valence-corrected chi connectivity index (χ3v) is 4.28. The summed E-state index contributed by atoms with van der Waals surface area (Å²) >= 11 is 0. The molecule has 0 saturated heterocycles. The van der Waals surface area contributed by atoms with Crippen LogP contribution in [-0.4, -0.2) is 54.4 Å². The molecule has 1 amide bonds. The Labute approximate surface area is 168 Å². The topological polar surface area (TPSA) is 70.0 Å². The molecule has 2 N–H and O–H groups in total. The van der Waals surface area contributed by atoms with Crippen molar-refractivity contribution < 1.29 is 19.7 Å². The second kappa shape index (κ2) is 13.7. The number of nitrogens with zero attached hydrogens (tertiary/aromatic N) is 1. The zero-order valence-electron chi connectivity index (χ0n) is 17.1. The number of amides is 1. The first-order chi connectivity index (χ1) is 13.4. The summed E-state index contributed by atoms with van der Waals surface area (Å²) in [6.07, 6.45) is 12.7. The Bertz CT molecular complexity index is 647. The molecule has 0 bridgehead atoms. The van der Waals surface area contributed by atoms with Gasteiger partial charge < -0.3 is 19.8 Å². The number of carbonyl (C=O) groups is 1. The molecular weight excluding hydrogens is 354 g/mol. The molecule has 154 valence electrons. The van der Waals surface area contributed by atoms with E-state index in [-0.39, 0.29) is 5.91 Å². The van der Waals surface area contributed by atoms with Crippen molar-refractivity contribution in [2.75, 3.05) is 21.2 Å². The Morgan fingerprint density at radius 1 is 1.00 bits per heavy atom. The first-order valence-corrected chi connectivity index (χ1v) is 9.63. The third kappa shape index (κ3) is 10.7. The molecule has 0 aliphatic rings. The van der Waals surface area contributed by atoms with Crippen molar-refractivity contribution in [3.8, 4) is 5.75 Å². The lowest BCUT2D eigenvalue weighted by Gasteiger charge is -2.10. The normalized spacial score (nSPS) is 14.0. The van der Waals surface area contributed by atoms with Crippen molar-refractivity contribution in [2.45, 2.75) is 44.3 Å². The number of benzene rings is 1. The van der Waals surface area contributed by atoms with Gasteiger partial charge in [0.05, 0.1) is 19.3 Å². The predicted molar refractivity (Wildman–Crippen MR) is 113 cm³/mol. The second-order valence-corrected chi connectivity index (χ2v) is 6.86. The Balaban J connectivity index is 2.22. The highest BCUT2D eigenvalue weighted by Gasteiger charge is 2.05. The number of hydrogen-bond donors (Lipinski definition) is 2. The van der Waals surface area contributed by atoms with E-state index >= 15 is 0 Å². The van der Waals surface area contributed by atoms with Crippen molar-refractivity contribution in [3.05, 3.63) is 66.3 Å². The highest BCUT2D eigenvalue weighted by molar-refractivity contribution is 5.75. The number of aliphatic hydroxyl groups excluding tert-OH is 2. The smallest absolute Gasteiger partial charge is 0.222 e. The molecule has 28 heavy (non-hydrogen) atoms. The summed E-state index contributed by atoms with van der Waals surface area (Å²) in [7, 11) is 5.10. The number of rotatable bonds is 12. The molecule has 0 fully saturated rings. The van der Waals surface area contributed by atoms with E-state index in [0.29, 0.717) is 25.7 Å². The molecule has 0 saturated carbocycles. The fourth-order valence-electron chi connectivity index (χ4n) is 2.50. The quantitative estimate of drug-likeness (QED) is 0.540. The van der Waals surface area contributed by atoms with Gasteiger partial charge in [-0.25, -0.2) is 0 Å². The number of aryl methyl sites for hydroxylation is 1. The number of hydrogen-bond acceptors (Lipinski definition) is 4. The Morgan fingerprint density at radius 2 is 1.57 bits per heavy atom. The molecule has 0 radical (unpaired) electrons. The number of methoxy groups -OCH3 is 1. The highest BCUT2D eigenvalue weighted by Crippen LogP contribution is 2.13. The largest absolute Gasteiger partial charge is 0.497 e. The molecule has 1 aromatic rings. The minimum absolute atomic E-state index is 0.0757. The standard InChI is InChI=1S/C23H33NO4/c1-24(2)23(27)12-8-11-20(25)9-6-4-5-7-10-21(26)16-13-19-14-17-22(28-3)18-15-19/h4-7,9-10,14-15,17-18,20-21,25-26H,8,11-13,16H2,1-3H3/b5-4-,9-6+,10-7+. The Morgan fingerprint density at radius 3 is 2.11 bits per heavy atom. The van der Waals surface area contributed by atoms with E-state index in [1.54, 1.807) is 56.5 Å². The summed E-state index contributed by atoms with van der Waals surface area (Å²) in [6.45, 7) is 0. The minimum atomic E-state index is -0.557. The average Bonchev–Trinajstić information content (AvgIpc) is 2.69. The number of aliphatic hydroxyl groups is 2. The first kappa shape index (κ1) is 23.7. The minimum Gasteiger partial charge on any atom is -0.497 e. The van der Waals surface area contributed by atoms with Gasteiger partial charge in [0.25, 0.3) is 0 Å². The van der Waals surface area contributed by atoms with Crippen LogP contribution in [0, 0.1) is 0 Å². The van der Waals surface area contributed by atoms with E-state index in [1.165, 1.54) is 0 Å². The van der Waals surface area contributed by atoms with E-state index in [9.17, 15) is 15.0 Å². The lowest BCUT2D eigenvalue weighted by molar-refractivity contribution is -0.128. The predicted octanol–water partition coefficient (Wildman–Crippen LogP) is 3.28. The second-order valence-electron chi connectivity index (χ2n) is 6.86. The Kier molecular flexibility index (Phi) is 11.6. The molecule has 0 aromatic heterocycles. The summed E-state index contributed by atoms with van der Waals surface area (Å²) in [5.74, 6) is 0.904. The molecule has 0 aliphatic carbocycles. The van der Waals surface area contributed by atoms with Gasteiger partial charge in [-0.1, -0.05) is 48.6 Å². The van der Waals surface area contributed by atoms with Gasteiger partial charge in [-0.3, -0.25) is 4.79 Å². The van der Waals surface area contributed by atoms with Gasteiger partial charge in [0.1, 0.15) is 5.75 Å². The molecule has 1 rings (SSSR count). The molecule has 2 atom stereocenters. The molecule has 2 unspecified atom stereocenters. The zero-order chi connectivity index (χ0) is 20.8. The van der Waals surface area contributed by atoms with Crippen LogP contribution in [0.2, 0.25) is 0 Å². The maximum atomic E-state index is 11.4. The van der Waals surface area contributed by atoms with Gasteiger partial charge in [-0.2, -0.15) is 0 Å². The first-order valence-electron chi connectivity index (χ1n) is 9.63. The van der Waals surface area contributed by atoms with Gasteiger partial charge >= 0.3 is 0 Å². The number of ether oxygens (including phenoxy) is 1. The van der Waals surface area contributed by atoms with Crippen molar-refractivity contribution in [3.63, 3.8) is 0 Å². The SMILES string of the molecule is COc1ccc(CCC(O)/C=C/C=C\C=C\C(O)CCCC(=O)N(C)C)cc1. The monoisotopic (exact) mass is 387 g/mol. The van der Waals surface area contributed by atoms with Gasteiger partial charge in [0, 0.05) is 20.5 Å². The van der Waals surface area contributed by atoms with E-state index in [0.717, 1.165) is 17.7 Å². The van der Waals surface area contributed by atoms with Crippen LogP contribution >= 0.6 is 0 Å². The van der Waals surface area contributed by atoms with Gasteiger partial charge in [0.15, 0.2) is 0 Å². The van der Waals surface area contributed by atoms with Crippen LogP contribution in [0.5, 0.6) is 5.75 Å². The van der Waals surface area contributed by atoms with Crippen LogP contribution in [0.4, 0.5) is 0 Å². The van der Waals surface area contributed by atoms with Gasteiger partial charge in [0.2, 0.25) is 5.91 Å². The lowest BCUT2D eigenvalue weighted by atomic mass is 10.1. The fourth-order valence-corrected chi connectivity index (χ4v) is 2.50. The van der Waals surface area contributed by atoms with Crippen molar-refractivity contribution in [2.24, 2.45) is 0 Å². The molecule has 1 aromatic carbocycles. The van der Waals surface area contributed by atoms with Crippen LogP contribution in [-0.2, 0) is 11.2 Å². The Hall–Kier alpha value is -2.37. The number of allylic oxidation sites excluding steroid dienone is 4. The molecule has 5 heteroatoms. The molecule has 0 heterocycles. The van der Waals surface area contributed by atoms with E-state index in [4.69, 9.17) is 4.74 Å². The van der Waals surface area contributed by atoms with Crippen LogP contribution in [0.1, 0.15) is 31.2 Å². The average molecular weight is 388 g/mol. The summed E-state index contributed by atoms with van der Waals surface area (Å²) in [6, 6.07) is 7.84. The maximum Gasteiger partial charge on any atom is 0.222 e. The van der Waals surface area contributed by atoms with E-state index < -0.39 is 12.2 Å². The highest BCUT2D eigenvalue weighted by atomic mass is 16.5. The van der Waals surface area contributed by atoms with Gasteiger partial charge in [-0.05, 0) is 43.4 Å². The molecule has 5 nitrogen and oxygen atoms in total. The third-order valence-electron chi connectivity index (χ3n) is 4.28. The van der Waals surface area contributed by atoms with Gasteiger partial charge in [-0.15, -0.1) is 0 Å². The lowest BCUT2D eigenvalue weighted by Crippen LogP contribution is -2.21. The van der Waals surface area contributed by atoms with Crippen LogP contribution in [0.25, 0.3) is 0 Å². The van der Waals surface area contributed by atoms with Crippen LogP contribution in [0.15, 0.2) is 60.7 Å². The van der Waals surface area contributed by atoms with Crippen molar-refractivity contribution >= 4 is 5.91 Å². The fraction of sp³-hybridized carbons (Fsp3) is 0.435. The summed E-state index contributed by atoms with van der Waals surface area (Å²) < 4.78 is 5.13.